The highest BCUT2D eigenvalue weighted by molar-refractivity contribution is 7.18. The van der Waals surface area contributed by atoms with E-state index >= 15 is 0 Å². The Balaban J connectivity index is 1.42. The van der Waals surface area contributed by atoms with E-state index in [4.69, 9.17) is 9.72 Å². The Morgan fingerprint density at radius 2 is 1.96 bits per heavy atom. The maximum atomic E-state index is 12.9. The maximum absolute atomic E-state index is 12.9. The number of hydrogen-bond donors (Lipinski definition) is 0. The number of rotatable bonds is 5. The number of nitrogens with zero attached hydrogens (tertiary/aromatic N) is 4. The van der Waals surface area contributed by atoms with Crippen molar-refractivity contribution >= 4 is 27.5 Å². The molecular formula is C21H24N4O2S. The second kappa shape index (κ2) is 8.24. The van der Waals surface area contributed by atoms with Crippen molar-refractivity contribution < 1.29 is 9.53 Å². The number of hydrogen-bond acceptors (Lipinski definition) is 6. The van der Waals surface area contributed by atoms with Gasteiger partial charge in [-0.3, -0.25) is 9.69 Å². The number of carbonyl (C=O) groups excluding carboxylic acids is 1. The number of fused-ring (bicyclic) bond motifs is 1. The first-order valence-corrected chi connectivity index (χ1v) is 10.5. The molecule has 1 aliphatic heterocycles. The van der Waals surface area contributed by atoms with Crippen LogP contribution in [-0.4, -0.2) is 58.5 Å². The van der Waals surface area contributed by atoms with Crippen LogP contribution in [0.1, 0.15) is 35.3 Å². The molecule has 3 aromatic rings. The lowest BCUT2D eigenvalue weighted by molar-refractivity contribution is 0.0577. The number of aromatic nitrogens is 2. The van der Waals surface area contributed by atoms with Crippen molar-refractivity contribution in [2.75, 3.05) is 32.8 Å². The molecule has 2 aromatic heterocycles. The van der Waals surface area contributed by atoms with E-state index in [-0.39, 0.29) is 11.9 Å². The molecule has 6 nitrogen and oxygen atoms in total. The Bertz CT molecular complexity index is 933. The van der Waals surface area contributed by atoms with E-state index in [0.29, 0.717) is 31.1 Å². The summed E-state index contributed by atoms with van der Waals surface area (Å²) in [6.45, 7) is 7.61. The van der Waals surface area contributed by atoms with Crippen LogP contribution >= 0.6 is 11.3 Å². The molecular weight excluding hydrogens is 372 g/mol. The Labute approximate surface area is 168 Å². The summed E-state index contributed by atoms with van der Waals surface area (Å²) in [6.07, 6.45) is 1.65. The van der Waals surface area contributed by atoms with Gasteiger partial charge in [0.25, 0.3) is 5.91 Å². The lowest BCUT2D eigenvalue weighted by Gasteiger charge is -2.37. The number of para-hydroxylation sites is 1. The van der Waals surface area contributed by atoms with E-state index in [1.54, 1.807) is 29.7 Å². The maximum Gasteiger partial charge on any atom is 0.259 e. The Hall–Kier alpha value is -2.51. The molecule has 28 heavy (non-hydrogen) atoms. The zero-order valence-corrected chi connectivity index (χ0v) is 17.0. The van der Waals surface area contributed by atoms with Gasteiger partial charge in [0.15, 0.2) is 0 Å². The normalized spacial score (nSPS) is 16.3. The van der Waals surface area contributed by atoms with Crippen LogP contribution < -0.4 is 4.74 Å². The molecule has 3 heterocycles. The van der Waals surface area contributed by atoms with Crippen LogP contribution in [0.15, 0.2) is 42.6 Å². The van der Waals surface area contributed by atoms with E-state index in [0.717, 1.165) is 23.6 Å². The Morgan fingerprint density at radius 1 is 1.18 bits per heavy atom. The topological polar surface area (TPSA) is 58.6 Å². The summed E-state index contributed by atoms with van der Waals surface area (Å²) in [6, 6.07) is 12.1. The average Bonchev–Trinajstić information content (AvgIpc) is 3.18. The number of piperazine rings is 1. The second-order valence-electron chi connectivity index (χ2n) is 6.81. The van der Waals surface area contributed by atoms with Gasteiger partial charge in [-0.25, -0.2) is 9.97 Å². The van der Waals surface area contributed by atoms with Gasteiger partial charge < -0.3 is 9.64 Å². The van der Waals surface area contributed by atoms with Gasteiger partial charge >= 0.3 is 0 Å². The molecule has 0 spiro atoms. The van der Waals surface area contributed by atoms with Crippen LogP contribution in [0.5, 0.6) is 5.88 Å². The second-order valence-corrected chi connectivity index (χ2v) is 7.88. The van der Waals surface area contributed by atoms with Crippen LogP contribution in [0.3, 0.4) is 0 Å². The molecule has 1 saturated heterocycles. The lowest BCUT2D eigenvalue weighted by atomic mass is 10.2. The minimum atomic E-state index is -0.0103. The molecule has 7 heteroatoms. The zero-order chi connectivity index (χ0) is 19.5. The number of amides is 1. The predicted molar refractivity (Wildman–Crippen MR) is 111 cm³/mol. The van der Waals surface area contributed by atoms with Crippen LogP contribution in [0.25, 0.3) is 10.2 Å². The standard InChI is InChI=1S/C21H24N4O2S/c1-3-27-19-16(7-6-10-22-19)21(26)25-13-11-24(12-14-25)15(2)20-23-17-8-4-5-9-18(17)28-20/h4-10,15H,3,11-14H2,1-2H3/t15-/m0/s1. The Kier molecular flexibility index (Phi) is 5.54. The fraction of sp³-hybridized carbons (Fsp3) is 0.381. The minimum absolute atomic E-state index is 0.0103. The number of carbonyl (C=O) groups is 1. The third-order valence-corrected chi connectivity index (χ3v) is 6.31. The molecule has 1 aromatic carbocycles. The minimum Gasteiger partial charge on any atom is -0.477 e. The molecule has 0 saturated carbocycles. The molecule has 1 amide bonds. The molecule has 1 atom stereocenters. The van der Waals surface area contributed by atoms with Crippen molar-refractivity contribution in [1.82, 2.24) is 19.8 Å². The first kappa shape index (κ1) is 18.8. The van der Waals surface area contributed by atoms with Crippen LogP contribution in [0.2, 0.25) is 0 Å². The fourth-order valence-corrected chi connectivity index (χ4v) is 4.57. The lowest BCUT2D eigenvalue weighted by Crippen LogP contribution is -2.49. The van der Waals surface area contributed by atoms with Crippen molar-refractivity contribution in [3.8, 4) is 5.88 Å². The van der Waals surface area contributed by atoms with E-state index in [9.17, 15) is 4.79 Å². The van der Waals surface area contributed by atoms with Gasteiger partial charge in [0.05, 0.1) is 22.9 Å². The van der Waals surface area contributed by atoms with Crippen molar-refractivity contribution in [3.63, 3.8) is 0 Å². The number of benzene rings is 1. The van der Waals surface area contributed by atoms with E-state index < -0.39 is 0 Å². The predicted octanol–water partition coefficient (Wildman–Crippen LogP) is 3.61. The molecule has 0 unspecified atom stereocenters. The summed E-state index contributed by atoms with van der Waals surface area (Å²) >= 11 is 1.75. The highest BCUT2D eigenvalue weighted by Gasteiger charge is 2.28. The molecule has 0 bridgehead atoms. The zero-order valence-electron chi connectivity index (χ0n) is 16.2. The van der Waals surface area contributed by atoms with Crippen LogP contribution in [0, 0.1) is 0 Å². The van der Waals surface area contributed by atoms with Gasteiger partial charge in [0.1, 0.15) is 10.6 Å². The van der Waals surface area contributed by atoms with Crippen molar-refractivity contribution in [2.24, 2.45) is 0 Å². The summed E-state index contributed by atoms with van der Waals surface area (Å²) < 4.78 is 6.74. The highest BCUT2D eigenvalue weighted by atomic mass is 32.1. The van der Waals surface area contributed by atoms with E-state index in [1.807, 2.05) is 24.0 Å². The fourth-order valence-electron chi connectivity index (χ4n) is 3.51. The van der Waals surface area contributed by atoms with Gasteiger partial charge in [-0.1, -0.05) is 12.1 Å². The first-order chi connectivity index (χ1) is 13.7. The van der Waals surface area contributed by atoms with Gasteiger partial charge in [0.2, 0.25) is 5.88 Å². The third-order valence-electron chi connectivity index (χ3n) is 5.10. The number of ether oxygens (including phenoxy) is 1. The monoisotopic (exact) mass is 396 g/mol. The molecule has 146 valence electrons. The molecule has 0 N–H and O–H groups in total. The molecule has 4 rings (SSSR count). The summed E-state index contributed by atoms with van der Waals surface area (Å²) in [5.74, 6) is 0.407. The average molecular weight is 397 g/mol. The van der Waals surface area contributed by atoms with Gasteiger partial charge in [-0.05, 0) is 38.1 Å². The summed E-state index contributed by atoms with van der Waals surface area (Å²) in [4.78, 5) is 26.2. The quantitative estimate of drug-likeness (QED) is 0.659. The molecule has 1 aliphatic rings. The van der Waals surface area contributed by atoms with Crippen LogP contribution in [0.4, 0.5) is 0 Å². The van der Waals surface area contributed by atoms with E-state index in [2.05, 4.69) is 28.9 Å². The summed E-state index contributed by atoms with van der Waals surface area (Å²) in [5, 5.41) is 1.13. The largest absolute Gasteiger partial charge is 0.477 e. The molecule has 0 aliphatic carbocycles. The van der Waals surface area contributed by atoms with Crippen LogP contribution in [-0.2, 0) is 0 Å². The number of pyridine rings is 1. The molecule has 1 fully saturated rings. The SMILES string of the molecule is CCOc1ncccc1C(=O)N1CCN([C@@H](C)c2nc3ccccc3s2)CC1. The van der Waals surface area contributed by atoms with E-state index in [1.165, 1.54) is 4.70 Å². The summed E-state index contributed by atoms with van der Waals surface area (Å²) in [5.41, 5.74) is 1.60. The number of thiazole rings is 1. The van der Waals surface area contributed by atoms with Gasteiger partial charge in [-0.15, -0.1) is 11.3 Å². The van der Waals surface area contributed by atoms with Crippen molar-refractivity contribution in [3.05, 3.63) is 53.2 Å². The van der Waals surface area contributed by atoms with Crippen molar-refractivity contribution in [2.45, 2.75) is 19.9 Å². The van der Waals surface area contributed by atoms with Gasteiger partial charge in [0, 0.05) is 32.4 Å². The highest BCUT2D eigenvalue weighted by Crippen LogP contribution is 2.30. The Morgan fingerprint density at radius 3 is 2.71 bits per heavy atom. The third kappa shape index (κ3) is 3.72. The van der Waals surface area contributed by atoms with Gasteiger partial charge in [-0.2, -0.15) is 0 Å². The summed E-state index contributed by atoms with van der Waals surface area (Å²) in [7, 11) is 0. The smallest absolute Gasteiger partial charge is 0.259 e. The molecule has 0 radical (unpaired) electrons. The van der Waals surface area contributed by atoms with Crippen molar-refractivity contribution in [1.29, 1.82) is 0 Å². The first-order valence-electron chi connectivity index (χ1n) is 9.64.